The smallest absolute Gasteiger partial charge is 0.249 e. The summed E-state index contributed by atoms with van der Waals surface area (Å²) in [6.45, 7) is 6.20. The van der Waals surface area contributed by atoms with E-state index in [0.29, 0.717) is 18.9 Å². The van der Waals surface area contributed by atoms with Gasteiger partial charge in [-0.1, -0.05) is 6.07 Å². The van der Waals surface area contributed by atoms with Crippen LogP contribution in [0, 0.1) is 5.92 Å². The number of rotatable bonds is 8. The molecule has 1 atom stereocenters. The second-order valence-corrected chi connectivity index (χ2v) is 9.28. The summed E-state index contributed by atoms with van der Waals surface area (Å²) in [7, 11) is 1.89. The third kappa shape index (κ3) is 6.21. The van der Waals surface area contributed by atoms with Crippen molar-refractivity contribution >= 4 is 23.2 Å². The number of carbonyl (C=O) groups excluding carboxylic acids is 2. The Morgan fingerprint density at radius 1 is 1.06 bits per heavy atom. The molecule has 0 aromatic heterocycles. The molecule has 8 heteroatoms. The quantitative estimate of drug-likeness (QED) is 0.456. The van der Waals surface area contributed by atoms with Crippen LogP contribution in [0.5, 0.6) is 0 Å². The third-order valence-electron chi connectivity index (χ3n) is 6.89. The summed E-state index contributed by atoms with van der Waals surface area (Å²) < 4.78 is 6.23. The Morgan fingerprint density at radius 2 is 1.84 bits per heavy atom. The maximum Gasteiger partial charge on any atom is 0.249 e. The highest BCUT2D eigenvalue weighted by molar-refractivity contribution is 6.01. The number of anilines is 2. The summed E-state index contributed by atoms with van der Waals surface area (Å²) in [6, 6.07) is 5.91. The van der Waals surface area contributed by atoms with Gasteiger partial charge in [-0.3, -0.25) is 19.8 Å². The van der Waals surface area contributed by atoms with Crippen molar-refractivity contribution in [1.82, 2.24) is 15.5 Å². The Hall–Kier alpha value is -2.16. The molecule has 1 aromatic rings. The Morgan fingerprint density at radius 3 is 2.56 bits per heavy atom. The van der Waals surface area contributed by atoms with Crippen molar-refractivity contribution in [3.63, 3.8) is 0 Å². The summed E-state index contributed by atoms with van der Waals surface area (Å²) in [5.74, 6) is 0.275. The monoisotopic (exact) mass is 443 g/mol. The highest BCUT2D eigenvalue weighted by atomic mass is 16.5. The molecule has 0 radical (unpaired) electrons. The highest BCUT2D eigenvalue weighted by Crippen LogP contribution is 2.27. The number of hydrogen-bond acceptors (Lipinski definition) is 7. The fraction of sp³-hybridized carbons (Fsp3) is 0.667. The maximum absolute atomic E-state index is 12.1. The molecule has 0 bridgehead atoms. The van der Waals surface area contributed by atoms with E-state index in [-0.39, 0.29) is 17.9 Å². The first-order valence-electron chi connectivity index (χ1n) is 12.1. The molecule has 1 aromatic carbocycles. The summed E-state index contributed by atoms with van der Waals surface area (Å²) in [4.78, 5) is 25.9. The van der Waals surface area contributed by atoms with Gasteiger partial charge in [0.2, 0.25) is 11.8 Å². The fourth-order valence-electron chi connectivity index (χ4n) is 4.85. The second kappa shape index (κ2) is 11.1. The summed E-state index contributed by atoms with van der Waals surface area (Å²) in [6.07, 6.45) is 5.95. The molecular weight excluding hydrogens is 406 g/mol. The number of benzene rings is 1. The number of piperidine rings is 3. The van der Waals surface area contributed by atoms with Crippen LogP contribution in [0.15, 0.2) is 18.2 Å². The van der Waals surface area contributed by atoms with Gasteiger partial charge in [0.05, 0.1) is 17.5 Å². The predicted molar refractivity (Wildman–Crippen MR) is 126 cm³/mol. The zero-order chi connectivity index (χ0) is 22.3. The molecule has 3 heterocycles. The minimum absolute atomic E-state index is 0.197. The van der Waals surface area contributed by atoms with Crippen LogP contribution in [0.3, 0.4) is 0 Å². The van der Waals surface area contributed by atoms with E-state index in [2.05, 4.69) is 38.3 Å². The molecule has 2 amide bonds. The van der Waals surface area contributed by atoms with E-state index in [4.69, 9.17) is 4.74 Å². The van der Waals surface area contributed by atoms with Crippen molar-refractivity contribution < 1.29 is 14.3 Å². The minimum atomic E-state index is -0.380. The Labute approximate surface area is 190 Å². The lowest BCUT2D eigenvalue weighted by molar-refractivity contribution is -0.133. The van der Waals surface area contributed by atoms with Crippen LogP contribution in [0.4, 0.5) is 11.4 Å². The molecule has 8 nitrogen and oxygen atoms in total. The molecule has 0 saturated carbocycles. The number of imide groups is 1. The molecule has 3 fully saturated rings. The van der Waals surface area contributed by atoms with Gasteiger partial charge in [-0.25, -0.2) is 0 Å². The van der Waals surface area contributed by atoms with Crippen molar-refractivity contribution in [2.24, 2.45) is 5.92 Å². The van der Waals surface area contributed by atoms with Crippen molar-refractivity contribution in [2.45, 2.75) is 57.2 Å². The number of amides is 2. The molecule has 4 rings (SSSR count). The lowest BCUT2D eigenvalue weighted by Crippen LogP contribution is -2.47. The first kappa shape index (κ1) is 23.0. The fourth-order valence-corrected chi connectivity index (χ4v) is 4.85. The highest BCUT2D eigenvalue weighted by Gasteiger charge is 2.27. The van der Waals surface area contributed by atoms with Crippen LogP contribution in [-0.2, 0) is 20.9 Å². The van der Waals surface area contributed by atoms with Gasteiger partial charge < -0.3 is 20.7 Å². The zero-order valence-electron chi connectivity index (χ0n) is 19.1. The number of ether oxygens (including phenoxy) is 1. The molecule has 3 saturated heterocycles. The van der Waals surface area contributed by atoms with E-state index in [9.17, 15) is 9.59 Å². The van der Waals surface area contributed by atoms with Crippen LogP contribution in [0.25, 0.3) is 0 Å². The molecule has 4 N–H and O–H groups in total. The number of hydrogen-bond donors (Lipinski definition) is 4. The number of likely N-dealkylation sites (tertiary alicyclic amines) is 1. The number of nitrogens with zero attached hydrogens (tertiary/aromatic N) is 1. The van der Waals surface area contributed by atoms with Gasteiger partial charge in [-0.15, -0.1) is 0 Å². The van der Waals surface area contributed by atoms with Crippen LogP contribution >= 0.6 is 0 Å². The lowest BCUT2D eigenvalue weighted by atomic mass is 9.99. The molecule has 0 spiro atoms. The molecule has 176 valence electrons. The lowest BCUT2D eigenvalue weighted by Gasteiger charge is -2.33. The number of carbonyl (C=O) groups is 2. The van der Waals surface area contributed by atoms with Crippen LogP contribution in [0.1, 0.15) is 44.1 Å². The standard InChI is InChI=1S/C24H37N5O3/c1-25-22-14-18(2-3-20(22)27-21-4-5-23(30)28-24(21)31)15-29-12-8-19(9-13-29)32-16-17-6-10-26-11-7-17/h2-3,14,17,19,21,25-27H,4-13,15-16H2,1H3,(H,28,30,31). The first-order chi connectivity index (χ1) is 15.6. The van der Waals surface area contributed by atoms with Gasteiger partial charge in [-0.2, -0.15) is 0 Å². The van der Waals surface area contributed by atoms with Gasteiger partial charge in [0, 0.05) is 39.7 Å². The van der Waals surface area contributed by atoms with Crippen LogP contribution < -0.4 is 21.3 Å². The van der Waals surface area contributed by atoms with Crippen LogP contribution in [-0.4, -0.2) is 68.7 Å². The Balaban J connectivity index is 1.24. The predicted octanol–water partition coefficient (Wildman–Crippen LogP) is 1.93. The Bertz CT molecular complexity index is 788. The molecule has 3 aliphatic heterocycles. The van der Waals surface area contributed by atoms with E-state index in [0.717, 1.165) is 69.5 Å². The van der Waals surface area contributed by atoms with Crippen molar-refractivity contribution in [3.8, 4) is 0 Å². The van der Waals surface area contributed by atoms with Crippen molar-refractivity contribution in [1.29, 1.82) is 0 Å². The van der Waals surface area contributed by atoms with Gasteiger partial charge in [0.25, 0.3) is 0 Å². The van der Waals surface area contributed by atoms with Crippen molar-refractivity contribution in [3.05, 3.63) is 23.8 Å². The molecular formula is C24H37N5O3. The topological polar surface area (TPSA) is 94.7 Å². The maximum atomic E-state index is 12.1. The van der Waals surface area contributed by atoms with Gasteiger partial charge in [0.1, 0.15) is 6.04 Å². The van der Waals surface area contributed by atoms with Gasteiger partial charge in [-0.05, 0) is 68.8 Å². The molecule has 0 aliphatic carbocycles. The molecule has 1 unspecified atom stereocenters. The first-order valence-corrected chi connectivity index (χ1v) is 12.1. The van der Waals surface area contributed by atoms with E-state index in [1.54, 1.807) is 0 Å². The van der Waals surface area contributed by atoms with E-state index in [1.807, 2.05) is 13.1 Å². The second-order valence-electron chi connectivity index (χ2n) is 9.28. The summed E-state index contributed by atoms with van der Waals surface area (Å²) >= 11 is 0. The summed E-state index contributed by atoms with van der Waals surface area (Å²) in [5, 5.41) is 12.3. The Kier molecular flexibility index (Phi) is 8.00. The van der Waals surface area contributed by atoms with Crippen molar-refractivity contribution in [2.75, 3.05) is 50.5 Å². The molecule has 32 heavy (non-hydrogen) atoms. The largest absolute Gasteiger partial charge is 0.386 e. The SMILES string of the molecule is CNc1cc(CN2CCC(OCC3CCNCC3)CC2)ccc1NC1CCC(=O)NC1=O. The van der Waals surface area contributed by atoms with E-state index < -0.39 is 0 Å². The number of nitrogens with one attached hydrogen (secondary N) is 4. The minimum Gasteiger partial charge on any atom is -0.386 e. The van der Waals surface area contributed by atoms with E-state index in [1.165, 1.54) is 18.4 Å². The zero-order valence-corrected chi connectivity index (χ0v) is 19.1. The van der Waals surface area contributed by atoms with Gasteiger partial charge >= 0.3 is 0 Å². The molecule has 3 aliphatic rings. The van der Waals surface area contributed by atoms with Crippen LogP contribution in [0.2, 0.25) is 0 Å². The summed E-state index contributed by atoms with van der Waals surface area (Å²) in [5.41, 5.74) is 3.10. The third-order valence-corrected chi connectivity index (χ3v) is 6.89. The average molecular weight is 444 g/mol. The average Bonchev–Trinajstić information content (AvgIpc) is 2.82. The van der Waals surface area contributed by atoms with Gasteiger partial charge in [0.15, 0.2) is 0 Å². The normalized spacial score (nSPS) is 23.7. The van der Waals surface area contributed by atoms with E-state index >= 15 is 0 Å².